The quantitative estimate of drug-likeness (QED) is 0.0320. The van der Waals surface area contributed by atoms with Gasteiger partial charge in [0, 0.05) is 65.7 Å². The number of rotatable bonds is 16. The van der Waals surface area contributed by atoms with Gasteiger partial charge in [0.05, 0.1) is 22.8 Å². The number of hydrogen-bond donors (Lipinski definition) is 2. The number of halogens is 1. The Labute approximate surface area is 421 Å². The maximum atomic E-state index is 12.8. The van der Waals surface area contributed by atoms with E-state index < -0.39 is 48.8 Å². The summed E-state index contributed by atoms with van der Waals surface area (Å²) in [5, 5.41) is 4.53. The van der Waals surface area contributed by atoms with Crippen molar-refractivity contribution >= 4 is 82.5 Å². The maximum Gasteiger partial charge on any atom is 0.264 e. The Hall–Kier alpha value is -5.90. The third kappa shape index (κ3) is 10.1. The van der Waals surface area contributed by atoms with Crippen LogP contribution in [0.4, 0.5) is 11.4 Å². The molecule has 5 aromatic rings. The van der Waals surface area contributed by atoms with Crippen molar-refractivity contribution in [2.24, 2.45) is 0 Å². The van der Waals surface area contributed by atoms with Gasteiger partial charge in [-0.2, -0.15) is 25.8 Å². The molecule has 71 heavy (non-hydrogen) atoms. The Kier molecular flexibility index (Phi) is 13.8. The second kappa shape index (κ2) is 19.6. The maximum absolute atomic E-state index is 12.8. The first-order valence-corrected chi connectivity index (χ1v) is 27.8. The summed E-state index contributed by atoms with van der Waals surface area (Å²) in [4.78, 5) is 27.4. The molecular weight excluding hydrogens is 958 g/mol. The predicted octanol–water partition coefficient (Wildman–Crippen LogP) is 11.4. The fourth-order valence-electron chi connectivity index (χ4n) is 11.1. The largest absolute Gasteiger partial charge is 0.457 e. The lowest BCUT2D eigenvalue weighted by atomic mass is 9.78. The average molecular weight is 1020 g/mol. The van der Waals surface area contributed by atoms with E-state index in [1.165, 1.54) is 11.1 Å². The van der Waals surface area contributed by atoms with Crippen molar-refractivity contribution in [3.05, 3.63) is 161 Å². The summed E-state index contributed by atoms with van der Waals surface area (Å²) in [6.45, 7) is 9.93. The Morgan fingerprint density at radius 2 is 1.37 bits per heavy atom. The van der Waals surface area contributed by atoms with Crippen molar-refractivity contribution in [3.8, 4) is 5.75 Å². The minimum Gasteiger partial charge on any atom is -0.457 e. The molecule has 5 aromatic carbocycles. The van der Waals surface area contributed by atoms with Crippen LogP contribution in [-0.2, 0) is 40.7 Å². The van der Waals surface area contributed by atoms with Crippen LogP contribution in [0, 0.1) is 0 Å². The number of anilines is 1. The highest BCUT2D eigenvalue weighted by Crippen LogP contribution is 2.51. The zero-order chi connectivity index (χ0) is 50.5. The van der Waals surface area contributed by atoms with E-state index in [-0.39, 0.29) is 17.9 Å². The van der Waals surface area contributed by atoms with Crippen molar-refractivity contribution in [3.63, 3.8) is 0 Å². The summed E-state index contributed by atoms with van der Waals surface area (Å²) in [6, 6.07) is 32.4. The number of fused-ring (bicyclic) bond motifs is 6. The van der Waals surface area contributed by atoms with Crippen molar-refractivity contribution in [1.29, 1.82) is 0 Å². The van der Waals surface area contributed by atoms with E-state index >= 15 is 0 Å². The summed E-state index contributed by atoms with van der Waals surface area (Å²) in [5.74, 6) is -0.975. The van der Waals surface area contributed by atoms with E-state index in [0.717, 1.165) is 61.9 Å². The molecule has 9 rings (SSSR count). The molecule has 3 aliphatic heterocycles. The second-order valence-corrected chi connectivity index (χ2v) is 23.5. The van der Waals surface area contributed by atoms with Crippen LogP contribution < -0.4 is 9.64 Å². The van der Waals surface area contributed by atoms with Gasteiger partial charge in [0.2, 0.25) is 11.6 Å². The van der Waals surface area contributed by atoms with Crippen LogP contribution in [0.3, 0.4) is 0 Å². The molecule has 1 unspecified atom stereocenters. The molecule has 0 radical (unpaired) electrons. The molecule has 1 fully saturated rings. The van der Waals surface area contributed by atoms with E-state index in [4.69, 9.17) is 16.5 Å². The van der Waals surface area contributed by atoms with E-state index in [9.17, 15) is 35.5 Å². The summed E-state index contributed by atoms with van der Waals surface area (Å²) >= 11 is 5.97. The molecule has 370 valence electrons. The monoisotopic (exact) mass is 1020 g/mol. The molecule has 2 N–H and O–H groups in total. The van der Waals surface area contributed by atoms with Crippen molar-refractivity contribution in [1.82, 2.24) is 4.42 Å². The van der Waals surface area contributed by atoms with Crippen LogP contribution in [0.2, 0.25) is 0 Å². The number of amides is 2. The van der Waals surface area contributed by atoms with Gasteiger partial charge in [-0.25, -0.2) is 0 Å². The number of carbonyl (C=O) groups is 2. The van der Waals surface area contributed by atoms with Crippen LogP contribution in [0.15, 0.2) is 144 Å². The van der Waals surface area contributed by atoms with E-state index in [1.807, 2.05) is 36.4 Å². The molecule has 0 aromatic heterocycles. The molecule has 0 bridgehead atoms. The summed E-state index contributed by atoms with van der Waals surface area (Å²) in [5.41, 5.74) is 8.23. The van der Waals surface area contributed by atoms with Gasteiger partial charge in [0.25, 0.3) is 26.1 Å². The molecule has 4 aliphatic rings. The van der Waals surface area contributed by atoms with E-state index in [1.54, 1.807) is 12.1 Å². The van der Waals surface area contributed by atoms with Crippen LogP contribution in [0.25, 0.3) is 21.5 Å². The molecule has 1 atom stereocenters. The Morgan fingerprint density at radius 1 is 0.732 bits per heavy atom. The van der Waals surface area contributed by atoms with E-state index in [0.29, 0.717) is 73.1 Å². The van der Waals surface area contributed by atoms with Crippen LogP contribution >= 0.6 is 11.8 Å². The predicted molar refractivity (Wildman–Crippen MR) is 281 cm³/mol. The van der Waals surface area contributed by atoms with Crippen molar-refractivity contribution in [2.75, 3.05) is 29.5 Å². The SMILES string of the molecule is CC1(C)C(/C=C\C2=C(Oc3ccc(C4CC(=O)N(Cl)C4=O)cc3)C(=C\C=C3/N(CCCCS(=O)(=O)O)c4ccc5ccccc5c4C3(C)C)/CCC2)=[N+](CCCCS(=O)(=O)O)c2ccc3ccccc3c21. The highest BCUT2D eigenvalue weighted by Gasteiger charge is 2.46. The highest BCUT2D eigenvalue weighted by molar-refractivity contribution is 7.86. The number of unbranched alkanes of at least 4 members (excludes halogenated alkanes) is 2. The summed E-state index contributed by atoms with van der Waals surface area (Å²) in [7, 11) is -8.22. The second-order valence-electron chi connectivity index (χ2n) is 20.0. The molecule has 1 aliphatic carbocycles. The minimum absolute atomic E-state index is 0.00978. The van der Waals surface area contributed by atoms with Gasteiger partial charge < -0.3 is 9.64 Å². The number of hydrogen-bond acceptors (Lipinski definition) is 8. The van der Waals surface area contributed by atoms with Gasteiger partial charge in [0.15, 0.2) is 5.71 Å². The van der Waals surface area contributed by atoms with Crippen LogP contribution in [0.1, 0.15) is 102 Å². The van der Waals surface area contributed by atoms with Gasteiger partial charge in [-0.15, -0.1) is 0 Å². The normalized spacial score (nSPS) is 20.2. The van der Waals surface area contributed by atoms with Crippen LogP contribution in [-0.4, -0.2) is 77.1 Å². The summed E-state index contributed by atoms with van der Waals surface area (Å²) in [6.07, 6.45) is 12.5. The van der Waals surface area contributed by atoms with Gasteiger partial charge in [-0.3, -0.25) is 18.7 Å². The van der Waals surface area contributed by atoms with Crippen molar-refractivity contribution in [2.45, 2.75) is 95.8 Å². The molecule has 12 nitrogen and oxygen atoms in total. The zero-order valence-electron chi connectivity index (χ0n) is 40.4. The average Bonchev–Trinajstić information content (AvgIpc) is 3.81. The molecular formula is C56H59ClN3O9S2+. The number of imide groups is 1. The Balaban J connectivity index is 1.14. The molecule has 1 saturated heterocycles. The molecule has 0 saturated carbocycles. The first-order chi connectivity index (χ1) is 33.7. The minimum atomic E-state index is -4.11. The lowest BCUT2D eigenvalue weighted by molar-refractivity contribution is -0.438. The van der Waals surface area contributed by atoms with Gasteiger partial charge in [-0.1, -0.05) is 86.7 Å². The Bertz CT molecular complexity index is 3370. The lowest BCUT2D eigenvalue weighted by Gasteiger charge is -2.28. The number of nitrogens with zero attached hydrogens (tertiary/aromatic N) is 3. The van der Waals surface area contributed by atoms with Gasteiger partial charge in [-0.05, 0) is 133 Å². The summed E-state index contributed by atoms with van der Waals surface area (Å²) < 4.78 is 75.8. The first kappa shape index (κ1) is 50.1. The topological polar surface area (TPSA) is 162 Å². The standard InChI is InChI=1S/C56H58ClN3O9S2/c1-55(2)48(58(32-9-11-34-70(63,64)65)46-28-22-37-14-5-7-18-43(37)51(46)55)30-24-40-16-13-17-41(53(40)69-42-26-20-39(21-27-42)45-36-50(61)60(57)54(45)62)25-31-49-56(3,4)52-44-19-8-6-15-38(44)23-29-47(52)59(49)33-10-12-35-71(66,67)68/h5-8,14-15,18-31,45H,9-13,16-17,32-36H2,1-4H3,(H-,63,64,65,66,67,68)/p+1. The molecule has 2 amide bonds. The molecule has 0 spiro atoms. The number of allylic oxidation sites excluding steroid dienone is 7. The number of carbonyl (C=O) groups excluding carboxylic acids is 2. The third-order valence-corrected chi connectivity index (χ3v) is 16.5. The molecule has 3 heterocycles. The fourth-order valence-corrected chi connectivity index (χ4v) is 12.4. The van der Waals surface area contributed by atoms with Gasteiger partial charge >= 0.3 is 0 Å². The zero-order valence-corrected chi connectivity index (χ0v) is 42.8. The van der Waals surface area contributed by atoms with Crippen molar-refractivity contribution < 1.29 is 44.8 Å². The number of ether oxygens (including phenoxy) is 1. The number of benzene rings is 5. The Morgan fingerprint density at radius 3 is 2.01 bits per heavy atom. The smallest absolute Gasteiger partial charge is 0.264 e. The van der Waals surface area contributed by atoms with Crippen LogP contribution in [0.5, 0.6) is 5.75 Å². The first-order valence-electron chi connectivity index (χ1n) is 24.2. The van der Waals surface area contributed by atoms with E-state index in [2.05, 4.69) is 110 Å². The third-order valence-electron chi connectivity index (χ3n) is 14.5. The highest BCUT2D eigenvalue weighted by atomic mass is 35.5. The van der Waals surface area contributed by atoms with Gasteiger partial charge in [0.1, 0.15) is 18.1 Å². The molecule has 15 heteroatoms. The lowest BCUT2D eigenvalue weighted by Crippen LogP contribution is -2.28. The fraction of sp³-hybridized carbons (Fsp3) is 0.339.